The Morgan fingerprint density at radius 1 is 1.29 bits per heavy atom. The quantitative estimate of drug-likeness (QED) is 0.565. The van der Waals surface area contributed by atoms with Crippen molar-refractivity contribution < 1.29 is 9.90 Å². The minimum atomic E-state index is -0.782. The van der Waals surface area contributed by atoms with E-state index in [0.717, 1.165) is 6.20 Å². The highest BCUT2D eigenvalue weighted by Crippen LogP contribution is 2.14. The lowest BCUT2D eigenvalue weighted by Gasteiger charge is -2.06. The normalized spacial score (nSPS) is 9.57. The van der Waals surface area contributed by atoms with E-state index in [1.807, 2.05) is 4.98 Å². The van der Waals surface area contributed by atoms with Crippen LogP contribution < -0.4 is 16.6 Å². The van der Waals surface area contributed by atoms with E-state index in [4.69, 9.17) is 5.11 Å². The van der Waals surface area contributed by atoms with Crippen molar-refractivity contribution in [1.82, 2.24) is 9.97 Å². The van der Waals surface area contributed by atoms with Gasteiger partial charge in [0.2, 0.25) is 0 Å². The van der Waals surface area contributed by atoms with Crippen LogP contribution in [0.2, 0.25) is 0 Å². The Balaban J connectivity index is 2.32. The molecule has 7 heteroatoms. The number of para-hydroxylation sites is 1. The molecule has 1 amide bonds. The second kappa shape index (κ2) is 6.36. The van der Waals surface area contributed by atoms with Gasteiger partial charge < -0.3 is 15.4 Å². The van der Waals surface area contributed by atoms with Crippen molar-refractivity contribution in [2.24, 2.45) is 0 Å². The van der Waals surface area contributed by atoms with Gasteiger partial charge in [-0.3, -0.25) is 14.6 Å². The minimum Gasteiger partial charge on any atom is -0.384 e. The van der Waals surface area contributed by atoms with Crippen molar-refractivity contribution in [3.63, 3.8) is 0 Å². The minimum absolute atomic E-state index is 0.223. The summed E-state index contributed by atoms with van der Waals surface area (Å²) in [5.74, 6) is 4.49. The van der Waals surface area contributed by atoms with E-state index in [9.17, 15) is 14.4 Å². The fourth-order valence-electron chi connectivity index (χ4n) is 1.60. The maximum absolute atomic E-state index is 12.0. The van der Waals surface area contributed by atoms with Crippen LogP contribution in [0.3, 0.4) is 0 Å². The number of benzene rings is 1. The fourth-order valence-corrected chi connectivity index (χ4v) is 1.60. The van der Waals surface area contributed by atoms with Crippen LogP contribution in [0.15, 0.2) is 40.1 Å². The van der Waals surface area contributed by atoms with Gasteiger partial charge in [-0.15, -0.1) is 0 Å². The molecule has 0 unspecified atom stereocenters. The summed E-state index contributed by atoms with van der Waals surface area (Å²) in [7, 11) is 0. The molecule has 0 aliphatic rings. The predicted molar refractivity (Wildman–Crippen MR) is 76.0 cm³/mol. The van der Waals surface area contributed by atoms with Crippen molar-refractivity contribution >= 4 is 11.6 Å². The predicted octanol–water partition coefficient (Wildman–Crippen LogP) is -0.341. The second-order valence-corrected chi connectivity index (χ2v) is 3.95. The topological polar surface area (TPSA) is 115 Å². The summed E-state index contributed by atoms with van der Waals surface area (Å²) in [6, 6.07) is 6.69. The van der Waals surface area contributed by atoms with Crippen LogP contribution >= 0.6 is 0 Å². The number of aliphatic hydroxyl groups excluding tert-OH is 1. The molecule has 4 N–H and O–H groups in total. The Bertz CT molecular complexity index is 839. The summed E-state index contributed by atoms with van der Waals surface area (Å²) in [5, 5.41) is 11.2. The molecule has 1 aromatic carbocycles. The van der Waals surface area contributed by atoms with E-state index in [1.165, 1.54) is 0 Å². The Morgan fingerprint density at radius 2 is 2.05 bits per heavy atom. The van der Waals surface area contributed by atoms with E-state index in [0.29, 0.717) is 11.3 Å². The molecule has 106 valence electrons. The number of amides is 1. The van der Waals surface area contributed by atoms with Crippen molar-refractivity contribution in [2.45, 2.75) is 0 Å². The molecule has 7 nitrogen and oxygen atoms in total. The van der Waals surface area contributed by atoms with Crippen LogP contribution in [0.1, 0.15) is 15.9 Å². The van der Waals surface area contributed by atoms with Gasteiger partial charge in [-0.25, -0.2) is 4.79 Å². The van der Waals surface area contributed by atoms with Gasteiger partial charge in [-0.2, -0.15) is 0 Å². The first-order valence-electron chi connectivity index (χ1n) is 5.94. The Labute approximate surface area is 118 Å². The van der Waals surface area contributed by atoms with Crippen molar-refractivity contribution in [2.75, 3.05) is 11.9 Å². The molecular formula is C14H11N3O4. The zero-order valence-corrected chi connectivity index (χ0v) is 10.8. The van der Waals surface area contributed by atoms with Crippen molar-refractivity contribution in [3.05, 3.63) is 62.4 Å². The number of aromatic nitrogens is 2. The molecule has 0 saturated heterocycles. The number of rotatable bonds is 2. The summed E-state index contributed by atoms with van der Waals surface area (Å²) in [6.45, 7) is -0.304. The summed E-state index contributed by atoms with van der Waals surface area (Å²) in [6.07, 6.45) is 1.04. The summed E-state index contributed by atoms with van der Waals surface area (Å²) in [4.78, 5) is 38.7. The van der Waals surface area contributed by atoms with E-state index >= 15 is 0 Å². The number of H-pyrrole nitrogens is 2. The highest BCUT2D eigenvalue weighted by atomic mass is 16.2. The van der Waals surface area contributed by atoms with E-state index in [2.05, 4.69) is 22.1 Å². The lowest BCUT2D eigenvalue weighted by atomic mass is 10.1. The van der Waals surface area contributed by atoms with Crippen LogP contribution in [-0.4, -0.2) is 27.6 Å². The van der Waals surface area contributed by atoms with Gasteiger partial charge in [0.1, 0.15) is 12.2 Å². The third-order valence-electron chi connectivity index (χ3n) is 2.54. The maximum Gasteiger partial charge on any atom is 0.325 e. The third kappa shape index (κ3) is 3.46. The fraction of sp³-hybridized carbons (Fsp3) is 0.0714. The third-order valence-corrected chi connectivity index (χ3v) is 2.54. The Hall–Kier alpha value is -3.11. The second-order valence-electron chi connectivity index (χ2n) is 3.95. The van der Waals surface area contributed by atoms with Gasteiger partial charge >= 0.3 is 5.69 Å². The Morgan fingerprint density at radius 3 is 2.76 bits per heavy atom. The molecule has 21 heavy (non-hydrogen) atoms. The summed E-state index contributed by atoms with van der Waals surface area (Å²) < 4.78 is 0. The highest BCUT2D eigenvalue weighted by Gasteiger charge is 2.12. The molecule has 0 spiro atoms. The van der Waals surface area contributed by atoms with E-state index in [1.54, 1.807) is 24.3 Å². The standard InChI is InChI=1S/C14H11N3O4/c18-7-3-5-9-4-1-2-6-11(9)16-12(19)10-8-15-14(21)17-13(10)20/h1-2,4,6,8,18H,7H2,(H,16,19)(H2,15,17,20,21). The molecule has 0 atom stereocenters. The number of carbonyl (C=O) groups excluding carboxylic acids is 1. The van der Waals surface area contributed by atoms with E-state index in [-0.39, 0.29) is 12.2 Å². The van der Waals surface area contributed by atoms with Gasteiger partial charge in [0.15, 0.2) is 0 Å². The molecule has 0 aliphatic heterocycles. The molecular weight excluding hydrogens is 274 g/mol. The average molecular weight is 285 g/mol. The molecule has 1 heterocycles. The molecule has 0 fully saturated rings. The first-order valence-corrected chi connectivity index (χ1v) is 5.94. The smallest absolute Gasteiger partial charge is 0.325 e. The van der Waals surface area contributed by atoms with E-state index < -0.39 is 17.2 Å². The molecule has 2 aromatic rings. The molecule has 0 radical (unpaired) electrons. The number of hydrogen-bond acceptors (Lipinski definition) is 4. The molecule has 0 saturated carbocycles. The lowest BCUT2D eigenvalue weighted by Crippen LogP contribution is -2.29. The SMILES string of the molecule is O=C(Nc1ccccc1C#CCO)c1c[nH]c(=O)[nH]c1=O. The number of nitrogens with one attached hydrogen (secondary N) is 3. The number of carbonyl (C=O) groups is 1. The molecule has 2 rings (SSSR count). The van der Waals surface area contributed by atoms with Gasteiger partial charge in [0.05, 0.1) is 5.69 Å². The van der Waals surface area contributed by atoms with Crippen LogP contribution in [-0.2, 0) is 0 Å². The number of anilines is 1. The molecule has 1 aromatic heterocycles. The van der Waals surface area contributed by atoms with Gasteiger partial charge in [0.25, 0.3) is 11.5 Å². The van der Waals surface area contributed by atoms with Gasteiger partial charge in [0, 0.05) is 11.8 Å². The van der Waals surface area contributed by atoms with Crippen LogP contribution in [0, 0.1) is 11.8 Å². The molecule has 0 bridgehead atoms. The van der Waals surface area contributed by atoms with Crippen molar-refractivity contribution in [1.29, 1.82) is 0 Å². The van der Waals surface area contributed by atoms with Gasteiger partial charge in [-0.05, 0) is 12.1 Å². The Kier molecular flexibility index (Phi) is 4.33. The van der Waals surface area contributed by atoms with Crippen LogP contribution in [0.5, 0.6) is 0 Å². The zero-order valence-electron chi connectivity index (χ0n) is 10.8. The largest absolute Gasteiger partial charge is 0.384 e. The zero-order chi connectivity index (χ0) is 15.2. The van der Waals surface area contributed by atoms with Crippen LogP contribution in [0.25, 0.3) is 0 Å². The van der Waals surface area contributed by atoms with Gasteiger partial charge in [-0.1, -0.05) is 24.0 Å². The summed E-state index contributed by atoms with van der Waals surface area (Å²) in [5.41, 5.74) is -0.796. The first kappa shape index (κ1) is 14.3. The highest BCUT2D eigenvalue weighted by molar-refractivity contribution is 6.04. The number of hydrogen-bond donors (Lipinski definition) is 4. The van der Waals surface area contributed by atoms with Crippen LogP contribution in [0.4, 0.5) is 5.69 Å². The monoisotopic (exact) mass is 285 g/mol. The first-order chi connectivity index (χ1) is 10.1. The number of aliphatic hydroxyl groups is 1. The lowest BCUT2D eigenvalue weighted by molar-refractivity contribution is 0.102. The molecule has 0 aliphatic carbocycles. The average Bonchev–Trinajstić information content (AvgIpc) is 2.46. The van der Waals surface area contributed by atoms with Crippen molar-refractivity contribution in [3.8, 4) is 11.8 Å². The maximum atomic E-state index is 12.0. The number of aromatic amines is 2. The summed E-state index contributed by atoms with van der Waals surface area (Å²) >= 11 is 0.